The van der Waals surface area contributed by atoms with Gasteiger partial charge in [0.05, 0.1) is 5.92 Å². The van der Waals surface area contributed by atoms with Crippen molar-refractivity contribution in [3.05, 3.63) is 34.5 Å². The van der Waals surface area contributed by atoms with Crippen molar-refractivity contribution in [3.8, 4) is 0 Å². The van der Waals surface area contributed by atoms with Gasteiger partial charge in [0.25, 0.3) is 0 Å². The molecule has 2 aromatic rings. The van der Waals surface area contributed by atoms with E-state index >= 15 is 0 Å². The molecule has 1 amide bonds. The summed E-state index contributed by atoms with van der Waals surface area (Å²) in [5.41, 5.74) is 8.68. The van der Waals surface area contributed by atoms with Crippen molar-refractivity contribution in [1.82, 2.24) is 4.98 Å². The topological polar surface area (TPSA) is 58.9 Å². The fourth-order valence-electron chi connectivity index (χ4n) is 2.72. The summed E-state index contributed by atoms with van der Waals surface area (Å²) in [5.74, 6) is -0.423. The van der Waals surface area contributed by atoms with Crippen LogP contribution in [0.15, 0.2) is 18.2 Å². The summed E-state index contributed by atoms with van der Waals surface area (Å²) in [5, 5.41) is 1.85. The molecule has 1 heterocycles. The van der Waals surface area contributed by atoms with E-state index < -0.39 is 0 Å². The van der Waals surface area contributed by atoms with Gasteiger partial charge < -0.3 is 10.7 Å². The van der Waals surface area contributed by atoms with E-state index in [1.54, 1.807) is 0 Å². The number of hydrogen-bond donors (Lipinski definition) is 2. The molecule has 1 aliphatic rings. The smallest absolute Gasteiger partial charge is 0.226 e. The van der Waals surface area contributed by atoms with Crippen molar-refractivity contribution in [3.63, 3.8) is 0 Å². The van der Waals surface area contributed by atoms with E-state index in [1.807, 2.05) is 18.2 Å². The van der Waals surface area contributed by atoms with Gasteiger partial charge in [-0.2, -0.15) is 0 Å². The SMILES string of the molecule is NC(=O)[C@H]1CCCc2c1[nH]c1ccc(Cl)cc21. The predicted octanol–water partition coefficient (Wildman–Crippen LogP) is 2.73. The highest BCUT2D eigenvalue weighted by atomic mass is 35.5. The second-order valence-electron chi connectivity index (χ2n) is 4.55. The Morgan fingerprint density at radius 1 is 1.47 bits per heavy atom. The Bertz CT molecular complexity index is 603. The summed E-state index contributed by atoms with van der Waals surface area (Å²) in [6.07, 6.45) is 2.82. The second-order valence-corrected chi connectivity index (χ2v) is 4.99. The van der Waals surface area contributed by atoms with Crippen molar-refractivity contribution >= 4 is 28.4 Å². The summed E-state index contributed by atoms with van der Waals surface area (Å²) in [6, 6.07) is 5.76. The highest BCUT2D eigenvalue weighted by Gasteiger charge is 2.27. The molecular formula is C13H13ClN2O. The van der Waals surface area contributed by atoms with Gasteiger partial charge in [-0.05, 0) is 43.0 Å². The maximum Gasteiger partial charge on any atom is 0.226 e. The molecule has 17 heavy (non-hydrogen) atoms. The molecule has 0 aliphatic heterocycles. The van der Waals surface area contributed by atoms with E-state index in [9.17, 15) is 4.79 Å². The number of benzene rings is 1. The summed E-state index contributed by atoms with van der Waals surface area (Å²) in [7, 11) is 0. The molecule has 1 atom stereocenters. The Labute approximate surface area is 104 Å². The van der Waals surface area contributed by atoms with Crippen LogP contribution in [0.5, 0.6) is 0 Å². The standard InChI is InChI=1S/C13H13ClN2O/c14-7-4-5-11-10(6-7)8-2-1-3-9(13(15)17)12(8)16-11/h4-6,9,16H,1-3H2,(H2,15,17)/t9-/m0/s1. The minimum Gasteiger partial charge on any atom is -0.369 e. The molecule has 0 saturated heterocycles. The minimum atomic E-state index is -0.247. The van der Waals surface area contributed by atoms with Gasteiger partial charge in [0.2, 0.25) is 5.91 Å². The van der Waals surface area contributed by atoms with Crippen LogP contribution in [0.4, 0.5) is 0 Å². The van der Waals surface area contributed by atoms with Crippen molar-refractivity contribution in [2.75, 3.05) is 0 Å². The third kappa shape index (κ3) is 1.62. The Hall–Kier alpha value is -1.48. The molecule has 0 saturated carbocycles. The summed E-state index contributed by atoms with van der Waals surface area (Å²) in [6.45, 7) is 0. The first kappa shape index (κ1) is 10.7. The molecule has 1 aromatic carbocycles. The first-order valence-corrected chi connectivity index (χ1v) is 6.14. The molecule has 3 N–H and O–H groups in total. The van der Waals surface area contributed by atoms with Crippen LogP contribution in [0, 0.1) is 0 Å². The predicted molar refractivity (Wildman–Crippen MR) is 68.2 cm³/mol. The van der Waals surface area contributed by atoms with Crippen LogP contribution in [0.2, 0.25) is 5.02 Å². The lowest BCUT2D eigenvalue weighted by Crippen LogP contribution is -2.24. The van der Waals surface area contributed by atoms with Crippen molar-refractivity contribution in [2.45, 2.75) is 25.2 Å². The molecule has 0 unspecified atom stereocenters. The largest absolute Gasteiger partial charge is 0.369 e. The number of aromatic nitrogens is 1. The van der Waals surface area contributed by atoms with Gasteiger partial charge in [0.15, 0.2) is 0 Å². The van der Waals surface area contributed by atoms with Crippen LogP contribution >= 0.6 is 11.6 Å². The van der Waals surface area contributed by atoms with Gasteiger partial charge in [-0.25, -0.2) is 0 Å². The molecule has 88 valence electrons. The summed E-state index contributed by atoms with van der Waals surface area (Å²) in [4.78, 5) is 14.8. The third-order valence-corrected chi connectivity index (χ3v) is 3.75. The number of aromatic amines is 1. The molecule has 1 aliphatic carbocycles. The average Bonchev–Trinajstić information content (AvgIpc) is 2.66. The molecule has 0 bridgehead atoms. The van der Waals surface area contributed by atoms with Gasteiger partial charge >= 0.3 is 0 Å². The number of halogens is 1. The van der Waals surface area contributed by atoms with Crippen molar-refractivity contribution < 1.29 is 4.79 Å². The fraction of sp³-hybridized carbons (Fsp3) is 0.308. The number of rotatable bonds is 1. The van der Waals surface area contributed by atoms with Crippen LogP contribution in [0.3, 0.4) is 0 Å². The monoisotopic (exact) mass is 248 g/mol. The minimum absolute atomic E-state index is 0.176. The summed E-state index contributed by atoms with van der Waals surface area (Å²) >= 11 is 6.01. The number of carbonyl (C=O) groups is 1. The third-order valence-electron chi connectivity index (χ3n) is 3.51. The van der Waals surface area contributed by atoms with Crippen molar-refractivity contribution in [2.24, 2.45) is 5.73 Å². The maximum atomic E-state index is 11.4. The molecule has 0 spiro atoms. The number of aryl methyl sites for hydroxylation is 1. The van der Waals surface area contributed by atoms with Crippen LogP contribution in [-0.2, 0) is 11.2 Å². The van der Waals surface area contributed by atoms with Crippen LogP contribution in [0.25, 0.3) is 10.9 Å². The van der Waals surface area contributed by atoms with E-state index in [0.717, 1.165) is 40.9 Å². The number of H-pyrrole nitrogens is 1. The molecule has 4 heteroatoms. The molecule has 3 rings (SSSR count). The number of carbonyl (C=O) groups excluding carboxylic acids is 1. The first-order chi connectivity index (χ1) is 8.16. The Kier molecular flexibility index (Phi) is 2.37. The molecule has 0 radical (unpaired) electrons. The number of primary amides is 1. The van der Waals surface area contributed by atoms with Crippen molar-refractivity contribution in [1.29, 1.82) is 0 Å². The Morgan fingerprint density at radius 2 is 2.29 bits per heavy atom. The Morgan fingerprint density at radius 3 is 3.06 bits per heavy atom. The van der Waals surface area contributed by atoms with E-state index in [2.05, 4.69) is 4.98 Å². The lowest BCUT2D eigenvalue weighted by atomic mass is 9.86. The maximum absolute atomic E-state index is 11.4. The second kappa shape index (κ2) is 3.77. The molecule has 1 aromatic heterocycles. The molecule has 0 fully saturated rings. The van der Waals surface area contributed by atoms with Crippen LogP contribution in [0.1, 0.15) is 30.0 Å². The van der Waals surface area contributed by atoms with E-state index in [1.165, 1.54) is 5.56 Å². The normalized spacial score (nSPS) is 19.2. The van der Waals surface area contributed by atoms with Gasteiger partial charge in [-0.1, -0.05) is 11.6 Å². The first-order valence-electron chi connectivity index (χ1n) is 5.76. The number of nitrogens with two attached hydrogens (primary N) is 1. The number of nitrogens with one attached hydrogen (secondary N) is 1. The van der Waals surface area contributed by atoms with Gasteiger partial charge in [-0.15, -0.1) is 0 Å². The van der Waals surface area contributed by atoms with Gasteiger partial charge in [-0.3, -0.25) is 4.79 Å². The van der Waals surface area contributed by atoms with Crippen LogP contribution < -0.4 is 5.73 Å². The lowest BCUT2D eigenvalue weighted by Gasteiger charge is -2.19. The number of hydrogen-bond acceptors (Lipinski definition) is 1. The fourth-order valence-corrected chi connectivity index (χ4v) is 2.89. The lowest BCUT2D eigenvalue weighted by molar-refractivity contribution is -0.119. The highest BCUT2D eigenvalue weighted by Crippen LogP contribution is 2.36. The zero-order valence-electron chi connectivity index (χ0n) is 9.29. The highest BCUT2D eigenvalue weighted by molar-refractivity contribution is 6.31. The number of fused-ring (bicyclic) bond motifs is 3. The zero-order chi connectivity index (χ0) is 12.0. The molecular weight excluding hydrogens is 236 g/mol. The van der Waals surface area contributed by atoms with Gasteiger partial charge in [0.1, 0.15) is 0 Å². The summed E-state index contributed by atoms with van der Waals surface area (Å²) < 4.78 is 0. The quantitative estimate of drug-likeness (QED) is 0.801. The Balaban J connectivity index is 2.25. The van der Waals surface area contributed by atoms with E-state index in [0.29, 0.717) is 0 Å². The zero-order valence-corrected chi connectivity index (χ0v) is 10.1. The van der Waals surface area contributed by atoms with E-state index in [-0.39, 0.29) is 11.8 Å². The van der Waals surface area contributed by atoms with Crippen LogP contribution in [-0.4, -0.2) is 10.9 Å². The number of amides is 1. The molecule has 3 nitrogen and oxygen atoms in total. The van der Waals surface area contributed by atoms with E-state index in [4.69, 9.17) is 17.3 Å². The average molecular weight is 249 g/mol. The van der Waals surface area contributed by atoms with Gasteiger partial charge in [0, 0.05) is 21.6 Å².